The highest BCUT2D eigenvalue weighted by Crippen LogP contribution is 2.24. The minimum atomic E-state index is -0.103. The second-order valence-electron chi connectivity index (χ2n) is 8.14. The largest absolute Gasteiger partial charge is 0.326 e. The van der Waals surface area contributed by atoms with E-state index in [9.17, 15) is 9.59 Å². The van der Waals surface area contributed by atoms with Gasteiger partial charge in [0.1, 0.15) is 0 Å². The van der Waals surface area contributed by atoms with Crippen LogP contribution in [-0.2, 0) is 15.0 Å². The van der Waals surface area contributed by atoms with Crippen molar-refractivity contribution in [2.24, 2.45) is 0 Å². The van der Waals surface area contributed by atoms with Gasteiger partial charge in [-0.15, -0.1) is 0 Å². The molecular formula is C23H30N2O2. The van der Waals surface area contributed by atoms with Gasteiger partial charge in [-0.25, -0.2) is 0 Å². The van der Waals surface area contributed by atoms with Crippen LogP contribution in [0.2, 0.25) is 0 Å². The van der Waals surface area contributed by atoms with Crippen LogP contribution in [0.15, 0.2) is 42.5 Å². The lowest BCUT2D eigenvalue weighted by molar-refractivity contribution is -0.117. The quantitative estimate of drug-likeness (QED) is 0.811. The first-order chi connectivity index (χ1) is 12.6. The smallest absolute Gasteiger partial charge is 0.226 e. The first kappa shape index (κ1) is 20.7. The van der Waals surface area contributed by atoms with Crippen LogP contribution in [0.4, 0.5) is 11.4 Å². The van der Waals surface area contributed by atoms with Crippen molar-refractivity contribution in [2.75, 3.05) is 16.8 Å². The summed E-state index contributed by atoms with van der Waals surface area (Å²) in [6.45, 7) is 12.4. The molecule has 0 saturated heterocycles. The minimum absolute atomic E-state index is 0.0673. The summed E-state index contributed by atoms with van der Waals surface area (Å²) in [6.07, 6.45) is 0.244. The third-order valence-corrected chi connectivity index (χ3v) is 4.50. The monoisotopic (exact) mass is 366 g/mol. The van der Waals surface area contributed by atoms with Gasteiger partial charge in [-0.05, 0) is 60.2 Å². The van der Waals surface area contributed by atoms with Crippen LogP contribution in [0.25, 0.3) is 0 Å². The first-order valence-corrected chi connectivity index (χ1v) is 9.33. The zero-order chi connectivity index (χ0) is 20.2. The van der Waals surface area contributed by atoms with Crippen molar-refractivity contribution in [1.82, 2.24) is 0 Å². The zero-order valence-electron chi connectivity index (χ0n) is 17.2. The molecule has 0 aliphatic carbocycles. The summed E-state index contributed by atoms with van der Waals surface area (Å²) in [6, 6.07) is 13.9. The normalized spacial score (nSPS) is 11.2. The van der Waals surface area contributed by atoms with Gasteiger partial charge in [-0.2, -0.15) is 0 Å². The zero-order valence-corrected chi connectivity index (χ0v) is 17.2. The Labute approximate surface area is 162 Å². The minimum Gasteiger partial charge on any atom is -0.326 e. The van der Waals surface area contributed by atoms with Crippen LogP contribution in [0.1, 0.15) is 50.8 Å². The van der Waals surface area contributed by atoms with Crippen LogP contribution in [0.5, 0.6) is 0 Å². The third kappa shape index (κ3) is 5.95. The number of hydrogen-bond donors (Lipinski definition) is 1. The number of hydrogen-bond acceptors (Lipinski definition) is 2. The standard InChI is InChI=1S/C23H30N2O2/c1-16-13-17(2)15-21(14-16)25(18(3)26)12-11-22(27)24-20-9-7-19(8-10-20)23(4,5)6/h7-10,13-15H,11-12H2,1-6H3,(H,24,27). The Balaban J connectivity index is 2.01. The predicted molar refractivity (Wildman–Crippen MR) is 112 cm³/mol. The Hall–Kier alpha value is -2.62. The number of nitrogens with zero attached hydrogens (tertiary/aromatic N) is 1. The van der Waals surface area contributed by atoms with Crippen molar-refractivity contribution in [1.29, 1.82) is 0 Å². The van der Waals surface area contributed by atoms with Crippen LogP contribution in [-0.4, -0.2) is 18.4 Å². The number of aryl methyl sites for hydroxylation is 2. The molecule has 0 aliphatic heterocycles. The lowest BCUT2D eigenvalue weighted by atomic mass is 9.87. The molecule has 144 valence electrons. The fraction of sp³-hybridized carbons (Fsp3) is 0.391. The van der Waals surface area contributed by atoms with E-state index in [-0.39, 0.29) is 23.7 Å². The SMILES string of the molecule is CC(=O)N(CCC(=O)Nc1ccc(C(C)(C)C)cc1)c1cc(C)cc(C)c1. The van der Waals surface area contributed by atoms with Gasteiger partial charge < -0.3 is 10.2 Å². The number of rotatable bonds is 5. The Morgan fingerprint density at radius 3 is 2.00 bits per heavy atom. The molecule has 0 unspecified atom stereocenters. The molecular weight excluding hydrogens is 336 g/mol. The molecule has 0 atom stereocenters. The average Bonchev–Trinajstić information content (AvgIpc) is 2.53. The highest BCUT2D eigenvalue weighted by atomic mass is 16.2. The molecule has 2 amide bonds. The molecule has 2 rings (SSSR count). The maximum absolute atomic E-state index is 12.3. The van der Waals surface area contributed by atoms with E-state index < -0.39 is 0 Å². The molecule has 0 aliphatic rings. The number of nitrogens with one attached hydrogen (secondary N) is 1. The number of benzene rings is 2. The summed E-state index contributed by atoms with van der Waals surface area (Å²) in [5.41, 5.74) is 5.10. The molecule has 0 radical (unpaired) electrons. The second kappa shape index (κ2) is 8.38. The van der Waals surface area contributed by atoms with Gasteiger partial charge in [0.2, 0.25) is 11.8 Å². The van der Waals surface area contributed by atoms with E-state index in [0.29, 0.717) is 6.54 Å². The Morgan fingerprint density at radius 2 is 1.52 bits per heavy atom. The van der Waals surface area contributed by atoms with Crippen molar-refractivity contribution in [3.05, 3.63) is 59.2 Å². The van der Waals surface area contributed by atoms with Crippen LogP contribution < -0.4 is 10.2 Å². The van der Waals surface area contributed by atoms with Crippen LogP contribution in [0.3, 0.4) is 0 Å². The Bertz CT molecular complexity index is 797. The lowest BCUT2D eigenvalue weighted by Crippen LogP contribution is -2.32. The number of amides is 2. The van der Waals surface area contributed by atoms with E-state index >= 15 is 0 Å². The predicted octanol–water partition coefficient (Wildman–Crippen LogP) is 4.98. The third-order valence-electron chi connectivity index (χ3n) is 4.50. The van der Waals surface area contributed by atoms with E-state index in [1.54, 1.807) is 4.90 Å². The molecule has 4 heteroatoms. The molecule has 1 N–H and O–H groups in total. The molecule has 0 saturated carbocycles. The topological polar surface area (TPSA) is 49.4 Å². The molecule has 0 aromatic heterocycles. The Kier molecular flexibility index (Phi) is 6.42. The summed E-state index contributed by atoms with van der Waals surface area (Å²) in [7, 11) is 0. The van der Waals surface area contributed by atoms with E-state index in [0.717, 1.165) is 22.5 Å². The van der Waals surface area contributed by atoms with Gasteiger partial charge in [-0.1, -0.05) is 39.0 Å². The molecule has 0 bridgehead atoms. The molecule has 27 heavy (non-hydrogen) atoms. The average molecular weight is 367 g/mol. The molecule has 2 aromatic rings. The van der Waals surface area contributed by atoms with Gasteiger partial charge in [0.25, 0.3) is 0 Å². The fourth-order valence-corrected chi connectivity index (χ4v) is 3.07. The molecule has 0 fully saturated rings. The molecule has 0 spiro atoms. The van der Waals surface area contributed by atoms with Crippen molar-refractivity contribution in [3.8, 4) is 0 Å². The second-order valence-corrected chi connectivity index (χ2v) is 8.14. The van der Waals surface area contributed by atoms with E-state index in [1.165, 1.54) is 12.5 Å². The Morgan fingerprint density at radius 1 is 0.963 bits per heavy atom. The number of anilines is 2. The van der Waals surface area contributed by atoms with Crippen LogP contribution >= 0.6 is 0 Å². The highest BCUT2D eigenvalue weighted by Gasteiger charge is 2.15. The summed E-state index contributed by atoms with van der Waals surface area (Å²) in [5.74, 6) is -0.170. The van der Waals surface area contributed by atoms with Crippen molar-refractivity contribution >= 4 is 23.2 Å². The summed E-state index contributed by atoms with van der Waals surface area (Å²) < 4.78 is 0. The summed E-state index contributed by atoms with van der Waals surface area (Å²) in [4.78, 5) is 26.1. The van der Waals surface area contributed by atoms with E-state index in [2.05, 4.69) is 32.2 Å². The van der Waals surface area contributed by atoms with Crippen molar-refractivity contribution in [3.63, 3.8) is 0 Å². The highest BCUT2D eigenvalue weighted by molar-refractivity contribution is 5.94. The number of carbonyl (C=O) groups is 2. The maximum atomic E-state index is 12.3. The molecule has 2 aromatic carbocycles. The maximum Gasteiger partial charge on any atom is 0.226 e. The number of carbonyl (C=O) groups excluding carboxylic acids is 2. The van der Waals surface area contributed by atoms with Gasteiger partial charge in [-0.3, -0.25) is 9.59 Å². The van der Waals surface area contributed by atoms with E-state index in [1.807, 2.05) is 50.2 Å². The fourth-order valence-electron chi connectivity index (χ4n) is 3.07. The molecule has 4 nitrogen and oxygen atoms in total. The van der Waals surface area contributed by atoms with Crippen molar-refractivity contribution in [2.45, 2.75) is 53.4 Å². The van der Waals surface area contributed by atoms with E-state index in [4.69, 9.17) is 0 Å². The van der Waals surface area contributed by atoms with Gasteiger partial charge >= 0.3 is 0 Å². The van der Waals surface area contributed by atoms with Gasteiger partial charge in [0, 0.05) is 31.3 Å². The molecule has 0 heterocycles. The summed E-state index contributed by atoms with van der Waals surface area (Å²) >= 11 is 0. The van der Waals surface area contributed by atoms with Gasteiger partial charge in [0.05, 0.1) is 0 Å². The lowest BCUT2D eigenvalue weighted by Gasteiger charge is -2.22. The van der Waals surface area contributed by atoms with Crippen molar-refractivity contribution < 1.29 is 9.59 Å². The van der Waals surface area contributed by atoms with Crippen LogP contribution in [0, 0.1) is 13.8 Å². The van der Waals surface area contributed by atoms with Gasteiger partial charge in [0.15, 0.2) is 0 Å². The summed E-state index contributed by atoms with van der Waals surface area (Å²) in [5, 5.41) is 2.91. The first-order valence-electron chi connectivity index (χ1n) is 9.33.